The van der Waals surface area contributed by atoms with E-state index in [-0.39, 0.29) is 0 Å². The molecule has 0 spiro atoms. The van der Waals surface area contributed by atoms with E-state index >= 15 is 0 Å². The van der Waals surface area contributed by atoms with Gasteiger partial charge in [0, 0.05) is 12.1 Å². The SMILES string of the molecule is C[C@@H]1CCC(Cc2cccc(O)c2)N1. The van der Waals surface area contributed by atoms with E-state index in [4.69, 9.17) is 0 Å². The summed E-state index contributed by atoms with van der Waals surface area (Å²) in [7, 11) is 0. The maximum absolute atomic E-state index is 9.32. The van der Waals surface area contributed by atoms with E-state index in [9.17, 15) is 5.11 Å². The topological polar surface area (TPSA) is 32.3 Å². The third-order valence-electron chi connectivity index (χ3n) is 2.86. The summed E-state index contributed by atoms with van der Waals surface area (Å²) in [4.78, 5) is 0. The van der Waals surface area contributed by atoms with Crippen LogP contribution < -0.4 is 5.32 Å². The number of nitrogens with one attached hydrogen (secondary N) is 1. The van der Waals surface area contributed by atoms with Crippen LogP contribution in [0.5, 0.6) is 5.75 Å². The Bertz CT molecular complexity index is 311. The van der Waals surface area contributed by atoms with Crippen molar-refractivity contribution in [2.75, 3.05) is 0 Å². The molecule has 1 aliphatic heterocycles. The number of phenols is 1. The summed E-state index contributed by atoms with van der Waals surface area (Å²) in [5.41, 5.74) is 1.22. The van der Waals surface area contributed by atoms with Gasteiger partial charge in [0.05, 0.1) is 0 Å². The molecule has 1 aromatic rings. The van der Waals surface area contributed by atoms with E-state index in [0.29, 0.717) is 17.8 Å². The van der Waals surface area contributed by atoms with E-state index in [1.165, 1.54) is 18.4 Å². The molecule has 0 bridgehead atoms. The molecule has 1 saturated heterocycles. The maximum Gasteiger partial charge on any atom is 0.115 e. The van der Waals surface area contributed by atoms with Gasteiger partial charge in [-0.05, 0) is 43.9 Å². The summed E-state index contributed by atoms with van der Waals surface area (Å²) in [6.07, 6.45) is 3.54. The van der Waals surface area contributed by atoms with Crippen molar-refractivity contribution in [3.63, 3.8) is 0 Å². The number of aromatic hydroxyl groups is 1. The van der Waals surface area contributed by atoms with Crippen molar-refractivity contribution in [2.45, 2.75) is 38.3 Å². The molecule has 1 heterocycles. The van der Waals surface area contributed by atoms with Crippen LogP contribution >= 0.6 is 0 Å². The Hall–Kier alpha value is -1.02. The van der Waals surface area contributed by atoms with Gasteiger partial charge in [0.2, 0.25) is 0 Å². The molecule has 2 heteroatoms. The highest BCUT2D eigenvalue weighted by Crippen LogP contribution is 2.18. The first-order valence-electron chi connectivity index (χ1n) is 5.28. The van der Waals surface area contributed by atoms with Gasteiger partial charge in [-0.2, -0.15) is 0 Å². The zero-order valence-electron chi connectivity index (χ0n) is 8.53. The molecule has 0 aliphatic carbocycles. The number of phenolic OH excluding ortho intramolecular Hbond substituents is 1. The fourth-order valence-corrected chi connectivity index (χ4v) is 2.15. The van der Waals surface area contributed by atoms with E-state index < -0.39 is 0 Å². The Kier molecular flexibility index (Phi) is 2.73. The van der Waals surface area contributed by atoms with Crippen molar-refractivity contribution >= 4 is 0 Å². The lowest BCUT2D eigenvalue weighted by atomic mass is 10.0. The molecular weight excluding hydrogens is 174 g/mol. The number of rotatable bonds is 2. The Morgan fingerprint density at radius 1 is 1.43 bits per heavy atom. The monoisotopic (exact) mass is 191 g/mol. The van der Waals surface area contributed by atoms with Crippen molar-refractivity contribution < 1.29 is 5.11 Å². The molecule has 2 rings (SSSR count). The highest BCUT2D eigenvalue weighted by atomic mass is 16.3. The standard InChI is InChI=1S/C12H17NO/c1-9-5-6-11(13-9)7-10-3-2-4-12(14)8-10/h2-4,8-9,11,13-14H,5-7H2,1H3/t9-,11?/m1/s1. The zero-order valence-corrected chi connectivity index (χ0v) is 8.53. The zero-order chi connectivity index (χ0) is 9.97. The Balaban J connectivity index is 1.97. The predicted molar refractivity (Wildman–Crippen MR) is 57.4 cm³/mol. The van der Waals surface area contributed by atoms with Crippen LogP contribution in [-0.2, 0) is 6.42 Å². The average Bonchev–Trinajstić information content (AvgIpc) is 2.51. The van der Waals surface area contributed by atoms with Gasteiger partial charge in [0.15, 0.2) is 0 Å². The Labute approximate surface area is 85.0 Å². The first kappa shape index (κ1) is 9.53. The average molecular weight is 191 g/mol. The first-order chi connectivity index (χ1) is 6.74. The summed E-state index contributed by atoms with van der Waals surface area (Å²) in [5.74, 6) is 0.369. The molecule has 2 N–H and O–H groups in total. The molecule has 1 unspecified atom stereocenters. The highest BCUT2D eigenvalue weighted by Gasteiger charge is 2.19. The highest BCUT2D eigenvalue weighted by molar-refractivity contribution is 5.27. The van der Waals surface area contributed by atoms with Crippen LogP contribution in [0.2, 0.25) is 0 Å². The molecule has 0 radical (unpaired) electrons. The molecule has 0 aromatic heterocycles. The third kappa shape index (κ3) is 2.26. The molecule has 1 aromatic carbocycles. The number of benzene rings is 1. The van der Waals surface area contributed by atoms with Gasteiger partial charge in [-0.25, -0.2) is 0 Å². The van der Waals surface area contributed by atoms with E-state index in [1.54, 1.807) is 6.07 Å². The van der Waals surface area contributed by atoms with Crippen molar-refractivity contribution in [3.8, 4) is 5.75 Å². The minimum absolute atomic E-state index is 0.369. The maximum atomic E-state index is 9.32. The van der Waals surface area contributed by atoms with Crippen LogP contribution in [0, 0.1) is 0 Å². The minimum atomic E-state index is 0.369. The molecule has 14 heavy (non-hydrogen) atoms. The lowest BCUT2D eigenvalue weighted by Gasteiger charge is -2.11. The summed E-state index contributed by atoms with van der Waals surface area (Å²) in [6, 6.07) is 8.79. The molecule has 0 amide bonds. The van der Waals surface area contributed by atoms with Gasteiger partial charge < -0.3 is 10.4 Å². The number of hydrogen-bond donors (Lipinski definition) is 2. The van der Waals surface area contributed by atoms with Crippen molar-refractivity contribution in [1.82, 2.24) is 5.32 Å². The Morgan fingerprint density at radius 3 is 2.93 bits per heavy atom. The molecule has 1 aliphatic rings. The van der Waals surface area contributed by atoms with Gasteiger partial charge in [-0.15, -0.1) is 0 Å². The molecule has 2 nitrogen and oxygen atoms in total. The van der Waals surface area contributed by atoms with E-state index in [1.807, 2.05) is 12.1 Å². The fourth-order valence-electron chi connectivity index (χ4n) is 2.15. The van der Waals surface area contributed by atoms with Crippen LogP contribution in [0.15, 0.2) is 24.3 Å². The van der Waals surface area contributed by atoms with Crippen LogP contribution in [0.4, 0.5) is 0 Å². The summed E-state index contributed by atoms with van der Waals surface area (Å²) in [5, 5.41) is 12.9. The lowest BCUT2D eigenvalue weighted by Crippen LogP contribution is -2.28. The second-order valence-corrected chi connectivity index (χ2v) is 4.22. The van der Waals surface area contributed by atoms with Crippen molar-refractivity contribution in [2.24, 2.45) is 0 Å². The molecule has 1 fully saturated rings. The van der Waals surface area contributed by atoms with Gasteiger partial charge in [0.1, 0.15) is 5.75 Å². The van der Waals surface area contributed by atoms with Crippen LogP contribution in [0.25, 0.3) is 0 Å². The summed E-state index contributed by atoms with van der Waals surface area (Å²) >= 11 is 0. The Morgan fingerprint density at radius 2 is 2.29 bits per heavy atom. The lowest BCUT2D eigenvalue weighted by molar-refractivity contribution is 0.473. The second kappa shape index (κ2) is 4.01. The predicted octanol–water partition coefficient (Wildman–Crippen LogP) is 2.08. The summed E-state index contributed by atoms with van der Waals surface area (Å²) in [6.45, 7) is 2.22. The molecular formula is C12H17NO. The fraction of sp³-hybridized carbons (Fsp3) is 0.500. The quantitative estimate of drug-likeness (QED) is 0.750. The van der Waals surface area contributed by atoms with Crippen LogP contribution in [0.3, 0.4) is 0 Å². The first-order valence-corrected chi connectivity index (χ1v) is 5.28. The second-order valence-electron chi connectivity index (χ2n) is 4.22. The summed E-state index contributed by atoms with van der Waals surface area (Å²) < 4.78 is 0. The molecule has 76 valence electrons. The van der Waals surface area contributed by atoms with E-state index in [2.05, 4.69) is 18.3 Å². The van der Waals surface area contributed by atoms with Gasteiger partial charge in [-0.1, -0.05) is 12.1 Å². The van der Waals surface area contributed by atoms with Crippen molar-refractivity contribution in [3.05, 3.63) is 29.8 Å². The minimum Gasteiger partial charge on any atom is -0.508 e. The normalized spacial score (nSPS) is 26.6. The van der Waals surface area contributed by atoms with E-state index in [0.717, 1.165) is 6.42 Å². The van der Waals surface area contributed by atoms with Gasteiger partial charge in [-0.3, -0.25) is 0 Å². The largest absolute Gasteiger partial charge is 0.508 e. The van der Waals surface area contributed by atoms with Gasteiger partial charge in [0.25, 0.3) is 0 Å². The molecule has 2 atom stereocenters. The van der Waals surface area contributed by atoms with Crippen molar-refractivity contribution in [1.29, 1.82) is 0 Å². The van der Waals surface area contributed by atoms with Gasteiger partial charge >= 0.3 is 0 Å². The third-order valence-corrected chi connectivity index (χ3v) is 2.86. The number of hydrogen-bond acceptors (Lipinski definition) is 2. The van der Waals surface area contributed by atoms with Crippen LogP contribution in [-0.4, -0.2) is 17.2 Å². The van der Waals surface area contributed by atoms with Crippen LogP contribution in [0.1, 0.15) is 25.3 Å². The smallest absolute Gasteiger partial charge is 0.115 e. The molecule has 0 saturated carbocycles.